The van der Waals surface area contributed by atoms with Crippen molar-refractivity contribution in [3.05, 3.63) is 41.9 Å². The van der Waals surface area contributed by atoms with Crippen molar-refractivity contribution in [1.82, 2.24) is 19.5 Å². The fraction of sp³-hybridized carbons (Fsp3) is 0.214. The van der Waals surface area contributed by atoms with Gasteiger partial charge in [0.05, 0.1) is 23.0 Å². The van der Waals surface area contributed by atoms with Gasteiger partial charge in [0.25, 0.3) is 0 Å². The van der Waals surface area contributed by atoms with Crippen molar-refractivity contribution < 1.29 is 8.42 Å². The molecule has 6 nitrogen and oxygen atoms in total. The van der Waals surface area contributed by atoms with Crippen molar-refractivity contribution >= 4 is 44.4 Å². The monoisotopic (exact) mass is 366 g/mol. The molecule has 1 aromatic carbocycles. The molecule has 3 aromatic rings. The van der Waals surface area contributed by atoms with Crippen LogP contribution in [-0.4, -0.2) is 39.4 Å². The average Bonchev–Trinajstić information content (AvgIpc) is 2.97. The zero-order chi connectivity index (χ0) is 16.0. The highest BCUT2D eigenvalue weighted by molar-refractivity contribution is 7.99. The number of imidazole rings is 1. The Labute approximate surface area is 141 Å². The van der Waals surface area contributed by atoms with Gasteiger partial charge in [-0.05, 0) is 24.3 Å². The predicted molar refractivity (Wildman–Crippen MR) is 88.6 cm³/mol. The second-order valence-electron chi connectivity index (χ2n) is 5.20. The summed E-state index contributed by atoms with van der Waals surface area (Å²) in [4.78, 5) is 12.9. The fourth-order valence-corrected chi connectivity index (χ4v) is 5.49. The van der Waals surface area contributed by atoms with Gasteiger partial charge in [-0.15, -0.1) is 11.8 Å². The minimum atomic E-state index is -3.42. The number of rotatable bonds is 3. The number of benzene rings is 1. The molecule has 0 spiro atoms. The van der Waals surface area contributed by atoms with E-state index in [9.17, 15) is 8.42 Å². The molecule has 9 heteroatoms. The molecule has 0 bridgehead atoms. The van der Waals surface area contributed by atoms with Gasteiger partial charge in [-0.25, -0.2) is 23.4 Å². The molecule has 118 valence electrons. The van der Waals surface area contributed by atoms with Crippen molar-refractivity contribution in [2.75, 3.05) is 11.5 Å². The first-order chi connectivity index (χ1) is 11.0. The summed E-state index contributed by atoms with van der Waals surface area (Å²) in [6.45, 7) is 0. The van der Waals surface area contributed by atoms with Crippen LogP contribution in [0.5, 0.6) is 0 Å². The van der Waals surface area contributed by atoms with Gasteiger partial charge in [-0.1, -0.05) is 11.6 Å². The Hall–Kier alpha value is -1.64. The molecule has 0 N–H and O–H groups in total. The standard InChI is InChI=1S/C14H11ClN4O2S2/c15-9-1-3-11(4-2-9)23(20,21)6-10-5-22-14-12-13(16-7-17-14)18-8-19(10)12/h1-4,7-8,10H,5-6H2/t10-/m0/s1. The van der Waals surface area contributed by atoms with Gasteiger partial charge >= 0.3 is 0 Å². The Morgan fingerprint density at radius 2 is 2.00 bits per heavy atom. The summed E-state index contributed by atoms with van der Waals surface area (Å²) in [7, 11) is -3.42. The second-order valence-corrected chi connectivity index (χ2v) is 8.68. The van der Waals surface area contributed by atoms with Crippen LogP contribution in [0.2, 0.25) is 5.02 Å². The van der Waals surface area contributed by atoms with E-state index in [2.05, 4.69) is 15.0 Å². The maximum atomic E-state index is 12.6. The van der Waals surface area contributed by atoms with E-state index in [1.165, 1.54) is 30.2 Å². The number of thioether (sulfide) groups is 1. The van der Waals surface area contributed by atoms with Crippen molar-refractivity contribution in [2.45, 2.75) is 16.0 Å². The lowest BCUT2D eigenvalue weighted by atomic mass is 10.3. The van der Waals surface area contributed by atoms with Crippen molar-refractivity contribution in [1.29, 1.82) is 0 Å². The molecule has 2 aromatic heterocycles. The first-order valence-electron chi connectivity index (χ1n) is 6.83. The molecular formula is C14H11ClN4O2S2. The van der Waals surface area contributed by atoms with Gasteiger partial charge in [0, 0.05) is 10.8 Å². The molecule has 1 aliphatic rings. The summed E-state index contributed by atoms with van der Waals surface area (Å²) >= 11 is 7.36. The third kappa shape index (κ3) is 2.60. The summed E-state index contributed by atoms with van der Waals surface area (Å²) in [5.74, 6) is 0.629. The number of sulfone groups is 1. The van der Waals surface area contributed by atoms with E-state index >= 15 is 0 Å². The number of nitrogens with zero attached hydrogens (tertiary/aromatic N) is 4. The third-order valence-corrected chi connectivity index (χ3v) is 6.91. The lowest BCUT2D eigenvalue weighted by Gasteiger charge is -2.23. The van der Waals surface area contributed by atoms with Crippen LogP contribution < -0.4 is 0 Å². The maximum Gasteiger partial charge on any atom is 0.181 e. The van der Waals surface area contributed by atoms with Crippen molar-refractivity contribution in [2.24, 2.45) is 0 Å². The Morgan fingerprint density at radius 3 is 2.78 bits per heavy atom. The quantitative estimate of drug-likeness (QED) is 0.663. The molecule has 0 radical (unpaired) electrons. The molecule has 0 aliphatic carbocycles. The maximum absolute atomic E-state index is 12.6. The normalized spacial score (nSPS) is 17.5. The highest BCUT2D eigenvalue weighted by atomic mass is 35.5. The van der Waals surface area contributed by atoms with Crippen LogP contribution in [0.4, 0.5) is 0 Å². The summed E-state index contributed by atoms with van der Waals surface area (Å²) in [6.07, 6.45) is 3.12. The van der Waals surface area contributed by atoms with Gasteiger partial charge in [0.15, 0.2) is 15.5 Å². The van der Waals surface area contributed by atoms with Gasteiger partial charge in [-0.3, -0.25) is 0 Å². The number of hydrogen-bond donors (Lipinski definition) is 0. The molecule has 1 atom stereocenters. The molecule has 0 saturated heterocycles. The summed E-state index contributed by atoms with van der Waals surface area (Å²) in [5, 5.41) is 1.35. The minimum absolute atomic E-state index is 0.00142. The minimum Gasteiger partial charge on any atom is -0.322 e. The molecule has 1 aliphatic heterocycles. The molecule has 0 saturated carbocycles. The van der Waals surface area contributed by atoms with E-state index in [-0.39, 0.29) is 16.7 Å². The van der Waals surface area contributed by atoms with Crippen LogP contribution in [0.25, 0.3) is 11.2 Å². The Balaban J connectivity index is 1.71. The van der Waals surface area contributed by atoms with E-state index in [4.69, 9.17) is 11.6 Å². The number of aromatic nitrogens is 4. The van der Waals surface area contributed by atoms with Crippen LogP contribution >= 0.6 is 23.4 Å². The van der Waals surface area contributed by atoms with E-state index in [0.717, 1.165) is 10.5 Å². The first-order valence-corrected chi connectivity index (χ1v) is 9.85. The third-order valence-electron chi connectivity index (χ3n) is 3.72. The van der Waals surface area contributed by atoms with Gasteiger partial charge in [0.2, 0.25) is 0 Å². The lowest BCUT2D eigenvalue weighted by molar-refractivity contribution is 0.563. The zero-order valence-electron chi connectivity index (χ0n) is 11.8. The Kier molecular flexibility index (Phi) is 3.55. The highest BCUT2D eigenvalue weighted by Crippen LogP contribution is 2.35. The van der Waals surface area contributed by atoms with Crippen LogP contribution in [0.3, 0.4) is 0 Å². The highest BCUT2D eigenvalue weighted by Gasteiger charge is 2.29. The summed E-state index contributed by atoms with van der Waals surface area (Å²) < 4.78 is 27.2. The molecular weight excluding hydrogens is 356 g/mol. The topological polar surface area (TPSA) is 77.7 Å². The smallest absolute Gasteiger partial charge is 0.181 e. The zero-order valence-corrected chi connectivity index (χ0v) is 14.1. The van der Waals surface area contributed by atoms with E-state index in [1.54, 1.807) is 18.5 Å². The van der Waals surface area contributed by atoms with Gasteiger partial charge < -0.3 is 4.57 Å². The summed E-state index contributed by atoms with van der Waals surface area (Å²) in [6, 6.07) is 6.04. The summed E-state index contributed by atoms with van der Waals surface area (Å²) in [5.41, 5.74) is 1.40. The van der Waals surface area contributed by atoms with E-state index in [1.807, 2.05) is 4.57 Å². The van der Waals surface area contributed by atoms with Crippen molar-refractivity contribution in [3.63, 3.8) is 0 Å². The second kappa shape index (κ2) is 5.47. The first kappa shape index (κ1) is 14.9. The molecule has 3 heterocycles. The van der Waals surface area contributed by atoms with Gasteiger partial charge in [-0.2, -0.15) is 0 Å². The van der Waals surface area contributed by atoms with Crippen LogP contribution in [0, 0.1) is 0 Å². The predicted octanol–water partition coefficient (Wildman–Crippen LogP) is 2.60. The Morgan fingerprint density at radius 1 is 1.22 bits per heavy atom. The van der Waals surface area contributed by atoms with Crippen LogP contribution in [0.15, 0.2) is 46.8 Å². The fourth-order valence-electron chi connectivity index (χ4n) is 2.61. The molecule has 0 unspecified atom stereocenters. The SMILES string of the molecule is O=S(=O)(C[C@@H]1CSc2ncnc3ncn1c23)c1ccc(Cl)cc1. The van der Waals surface area contributed by atoms with Gasteiger partial charge in [0.1, 0.15) is 16.9 Å². The largest absolute Gasteiger partial charge is 0.322 e. The molecule has 4 rings (SSSR count). The average molecular weight is 367 g/mol. The Bertz CT molecular complexity index is 986. The van der Waals surface area contributed by atoms with Crippen LogP contribution in [0.1, 0.15) is 6.04 Å². The lowest BCUT2D eigenvalue weighted by Crippen LogP contribution is -2.24. The molecule has 0 fully saturated rings. The van der Waals surface area contributed by atoms with E-state index in [0.29, 0.717) is 16.4 Å². The molecule has 23 heavy (non-hydrogen) atoms. The van der Waals surface area contributed by atoms with Crippen molar-refractivity contribution in [3.8, 4) is 0 Å². The van der Waals surface area contributed by atoms with Crippen LogP contribution in [-0.2, 0) is 9.84 Å². The van der Waals surface area contributed by atoms with E-state index < -0.39 is 9.84 Å². The number of hydrogen-bond acceptors (Lipinski definition) is 6. The molecule has 0 amide bonds. The number of halogens is 1.